The van der Waals surface area contributed by atoms with Gasteiger partial charge in [-0.05, 0) is 40.0 Å². The highest BCUT2D eigenvalue weighted by Crippen LogP contribution is 2.27. The second kappa shape index (κ2) is 3.61. The number of nitrogens with one attached hydrogen (secondary N) is 1. The first kappa shape index (κ1) is 9.52. The maximum absolute atomic E-state index is 5.28. The summed E-state index contributed by atoms with van der Waals surface area (Å²) in [7, 11) is 1.66. The van der Waals surface area contributed by atoms with E-state index in [2.05, 4.69) is 38.9 Å². The standard InChI is InChI=1S/C10H11BrN2O/c1-3-6-4-7-9(8(5-6)14-2)13-10(11)12-7/h4-5H,3H2,1-2H3,(H,12,13). The van der Waals surface area contributed by atoms with Crippen LogP contribution in [0.25, 0.3) is 11.0 Å². The molecule has 0 saturated heterocycles. The molecule has 0 bridgehead atoms. The maximum Gasteiger partial charge on any atom is 0.175 e. The van der Waals surface area contributed by atoms with Crippen LogP contribution < -0.4 is 4.74 Å². The normalized spacial score (nSPS) is 10.8. The summed E-state index contributed by atoms with van der Waals surface area (Å²) in [6.07, 6.45) is 0.989. The van der Waals surface area contributed by atoms with Crippen molar-refractivity contribution in [3.63, 3.8) is 0 Å². The average molecular weight is 255 g/mol. The van der Waals surface area contributed by atoms with E-state index in [9.17, 15) is 0 Å². The summed E-state index contributed by atoms with van der Waals surface area (Å²) in [5.41, 5.74) is 3.12. The molecule has 0 saturated carbocycles. The molecule has 0 aliphatic heterocycles. The van der Waals surface area contributed by atoms with Gasteiger partial charge in [0.2, 0.25) is 0 Å². The molecular formula is C10H11BrN2O. The molecule has 3 nitrogen and oxygen atoms in total. The first-order valence-electron chi connectivity index (χ1n) is 4.46. The molecule has 0 atom stereocenters. The van der Waals surface area contributed by atoms with E-state index in [0.29, 0.717) is 0 Å². The van der Waals surface area contributed by atoms with Gasteiger partial charge in [-0.15, -0.1) is 0 Å². The Bertz CT molecular complexity index is 464. The largest absolute Gasteiger partial charge is 0.494 e. The van der Waals surface area contributed by atoms with Gasteiger partial charge in [0.05, 0.1) is 12.6 Å². The summed E-state index contributed by atoms with van der Waals surface area (Å²) in [4.78, 5) is 7.43. The molecule has 0 spiro atoms. The molecule has 0 fully saturated rings. The lowest BCUT2D eigenvalue weighted by atomic mass is 10.1. The number of ether oxygens (including phenoxy) is 1. The first-order chi connectivity index (χ1) is 6.74. The second-order valence-corrected chi connectivity index (χ2v) is 3.83. The molecule has 1 N–H and O–H groups in total. The minimum absolute atomic E-state index is 0.735. The topological polar surface area (TPSA) is 37.9 Å². The molecule has 0 amide bonds. The summed E-state index contributed by atoms with van der Waals surface area (Å²) < 4.78 is 6.02. The average Bonchev–Trinajstić information content (AvgIpc) is 2.56. The molecule has 2 rings (SSSR count). The summed E-state index contributed by atoms with van der Waals surface area (Å²) >= 11 is 3.31. The molecule has 14 heavy (non-hydrogen) atoms. The van der Waals surface area contributed by atoms with Gasteiger partial charge in [-0.2, -0.15) is 0 Å². The van der Waals surface area contributed by atoms with Crippen molar-refractivity contribution in [3.8, 4) is 5.75 Å². The van der Waals surface area contributed by atoms with E-state index in [1.807, 2.05) is 6.07 Å². The molecule has 1 heterocycles. The molecule has 2 aromatic rings. The van der Waals surface area contributed by atoms with Crippen LogP contribution in [0.3, 0.4) is 0 Å². The molecule has 0 aliphatic rings. The third kappa shape index (κ3) is 1.50. The number of aromatic nitrogens is 2. The number of halogens is 1. The third-order valence-electron chi connectivity index (χ3n) is 2.21. The summed E-state index contributed by atoms with van der Waals surface area (Å²) in [5.74, 6) is 0.821. The van der Waals surface area contributed by atoms with Gasteiger partial charge in [0.25, 0.3) is 0 Å². The van der Waals surface area contributed by atoms with Gasteiger partial charge < -0.3 is 9.72 Å². The van der Waals surface area contributed by atoms with Gasteiger partial charge in [0.1, 0.15) is 11.3 Å². The van der Waals surface area contributed by atoms with Gasteiger partial charge in [0.15, 0.2) is 4.73 Å². The van der Waals surface area contributed by atoms with Crippen molar-refractivity contribution in [2.24, 2.45) is 0 Å². The number of aryl methyl sites for hydroxylation is 1. The smallest absolute Gasteiger partial charge is 0.175 e. The fourth-order valence-corrected chi connectivity index (χ4v) is 1.86. The van der Waals surface area contributed by atoms with Crippen molar-refractivity contribution < 1.29 is 4.74 Å². The predicted molar refractivity (Wildman–Crippen MR) is 59.7 cm³/mol. The molecule has 0 radical (unpaired) electrons. The maximum atomic E-state index is 5.28. The Balaban J connectivity index is 2.72. The highest BCUT2D eigenvalue weighted by atomic mass is 79.9. The number of hydrogen-bond donors (Lipinski definition) is 1. The van der Waals surface area contributed by atoms with Crippen LogP contribution in [0.15, 0.2) is 16.9 Å². The van der Waals surface area contributed by atoms with Crippen LogP contribution in [0.5, 0.6) is 5.75 Å². The number of nitrogens with zero attached hydrogens (tertiary/aromatic N) is 1. The summed E-state index contributed by atoms with van der Waals surface area (Å²) in [6, 6.07) is 4.12. The Labute approximate surface area is 90.6 Å². The summed E-state index contributed by atoms with van der Waals surface area (Å²) in [5, 5.41) is 0. The number of H-pyrrole nitrogens is 1. The number of fused-ring (bicyclic) bond motifs is 1. The van der Waals surface area contributed by atoms with Crippen molar-refractivity contribution in [1.29, 1.82) is 0 Å². The van der Waals surface area contributed by atoms with Crippen LogP contribution in [-0.4, -0.2) is 17.1 Å². The Morgan fingerprint density at radius 2 is 2.29 bits per heavy atom. The van der Waals surface area contributed by atoms with E-state index in [4.69, 9.17) is 4.74 Å². The minimum atomic E-state index is 0.735. The van der Waals surface area contributed by atoms with Crippen LogP contribution in [0.4, 0.5) is 0 Å². The van der Waals surface area contributed by atoms with Gasteiger partial charge in [0, 0.05) is 0 Å². The van der Waals surface area contributed by atoms with E-state index in [-0.39, 0.29) is 0 Å². The lowest BCUT2D eigenvalue weighted by Gasteiger charge is -2.03. The quantitative estimate of drug-likeness (QED) is 0.895. The zero-order valence-electron chi connectivity index (χ0n) is 8.10. The van der Waals surface area contributed by atoms with Crippen molar-refractivity contribution in [2.45, 2.75) is 13.3 Å². The number of methoxy groups -OCH3 is 1. The van der Waals surface area contributed by atoms with Gasteiger partial charge in [-0.25, -0.2) is 4.98 Å². The highest BCUT2D eigenvalue weighted by molar-refractivity contribution is 9.10. The van der Waals surface area contributed by atoms with Gasteiger partial charge >= 0.3 is 0 Å². The zero-order valence-corrected chi connectivity index (χ0v) is 9.68. The number of hydrogen-bond acceptors (Lipinski definition) is 2. The van der Waals surface area contributed by atoms with Crippen LogP contribution in [0.1, 0.15) is 12.5 Å². The number of aromatic amines is 1. The molecule has 0 unspecified atom stereocenters. The SMILES string of the molecule is CCc1cc(OC)c2nc(Br)[nH]c2c1. The lowest BCUT2D eigenvalue weighted by molar-refractivity contribution is 0.418. The fourth-order valence-electron chi connectivity index (χ4n) is 1.47. The van der Waals surface area contributed by atoms with Crippen LogP contribution >= 0.6 is 15.9 Å². The monoisotopic (exact) mass is 254 g/mol. The van der Waals surface area contributed by atoms with Crippen molar-refractivity contribution >= 4 is 27.0 Å². The minimum Gasteiger partial charge on any atom is -0.494 e. The number of benzene rings is 1. The van der Waals surface area contributed by atoms with Crippen LogP contribution in [0.2, 0.25) is 0 Å². The number of imidazole rings is 1. The fraction of sp³-hybridized carbons (Fsp3) is 0.300. The first-order valence-corrected chi connectivity index (χ1v) is 5.26. The Kier molecular flexibility index (Phi) is 2.46. The lowest BCUT2D eigenvalue weighted by Crippen LogP contribution is -1.88. The molecule has 1 aromatic carbocycles. The molecule has 0 aliphatic carbocycles. The van der Waals surface area contributed by atoms with Gasteiger partial charge in [-0.1, -0.05) is 6.92 Å². The van der Waals surface area contributed by atoms with E-state index >= 15 is 0 Å². The van der Waals surface area contributed by atoms with E-state index < -0.39 is 0 Å². The van der Waals surface area contributed by atoms with E-state index in [1.54, 1.807) is 7.11 Å². The zero-order chi connectivity index (χ0) is 10.1. The predicted octanol–water partition coefficient (Wildman–Crippen LogP) is 2.90. The van der Waals surface area contributed by atoms with E-state index in [0.717, 1.165) is 27.9 Å². The van der Waals surface area contributed by atoms with Crippen molar-refractivity contribution in [1.82, 2.24) is 9.97 Å². The van der Waals surface area contributed by atoms with Gasteiger partial charge in [-0.3, -0.25) is 0 Å². The molecule has 4 heteroatoms. The van der Waals surface area contributed by atoms with E-state index in [1.165, 1.54) is 5.56 Å². The molecular weight excluding hydrogens is 244 g/mol. The Hall–Kier alpha value is -1.03. The molecule has 1 aromatic heterocycles. The van der Waals surface area contributed by atoms with Crippen molar-refractivity contribution in [3.05, 3.63) is 22.4 Å². The molecule has 74 valence electrons. The number of rotatable bonds is 2. The van der Waals surface area contributed by atoms with Crippen molar-refractivity contribution in [2.75, 3.05) is 7.11 Å². The second-order valence-electron chi connectivity index (χ2n) is 3.08. The third-order valence-corrected chi connectivity index (χ3v) is 2.59. The van der Waals surface area contributed by atoms with Crippen LogP contribution in [0, 0.1) is 0 Å². The Morgan fingerprint density at radius 3 is 2.93 bits per heavy atom. The Morgan fingerprint density at radius 1 is 1.50 bits per heavy atom. The summed E-state index contributed by atoms with van der Waals surface area (Å²) in [6.45, 7) is 2.12. The van der Waals surface area contributed by atoms with Crippen LogP contribution in [-0.2, 0) is 6.42 Å². The highest BCUT2D eigenvalue weighted by Gasteiger charge is 2.07.